The Morgan fingerprint density at radius 1 is 1.00 bits per heavy atom. The molecule has 2 aromatic rings. The van der Waals surface area contributed by atoms with Crippen molar-refractivity contribution in [2.75, 3.05) is 32.8 Å². The van der Waals surface area contributed by atoms with Gasteiger partial charge in [-0.05, 0) is 35.7 Å². The lowest BCUT2D eigenvalue weighted by Gasteiger charge is -2.34. The second kappa shape index (κ2) is 8.09. The zero-order chi connectivity index (χ0) is 18.5. The van der Waals surface area contributed by atoms with Gasteiger partial charge in [-0.1, -0.05) is 6.07 Å². The lowest BCUT2D eigenvalue weighted by molar-refractivity contribution is -0.136. The van der Waals surface area contributed by atoms with Gasteiger partial charge in [-0.3, -0.25) is 9.59 Å². The van der Waals surface area contributed by atoms with Crippen molar-refractivity contribution in [1.82, 2.24) is 9.80 Å². The number of benzene rings is 1. The lowest BCUT2D eigenvalue weighted by Crippen LogP contribution is -2.51. The molecule has 0 bridgehead atoms. The fraction of sp³-hybridized carbons (Fsp3) is 0.278. The molecule has 0 saturated carbocycles. The number of piperazine rings is 1. The predicted octanol–water partition coefficient (Wildman–Crippen LogP) is 2.03. The summed E-state index contributed by atoms with van der Waals surface area (Å²) in [6.45, 7) is 1.28. The summed E-state index contributed by atoms with van der Waals surface area (Å²) in [5.74, 6) is -1.48. The summed E-state index contributed by atoms with van der Waals surface area (Å²) in [5.41, 5.74) is 0.186. The molecule has 2 amide bonds. The summed E-state index contributed by atoms with van der Waals surface area (Å²) < 4.78 is 17.8. The van der Waals surface area contributed by atoms with Crippen LogP contribution in [0.1, 0.15) is 20.0 Å². The van der Waals surface area contributed by atoms with Gasteiger partial charge < -0.3 is 14.5 Å². The Labute approximate surface area is 153 Å². The Morgan fingerprint density at radius 3 is 2.27 bits per heavy atom. The first-order valence-electron chi connectivity index (χ1n) is 8.08. The van der Waals surface area contributed by atoms with Crippen LogP contribution >= 0.6 is 11.3 Å². The number of carbonyl (C=O) groups excluding carboxylic acids is 3. The molecule has 6 nitrogen and oxygen atoms in total. The van der Waals surface area contributed by atoms with E-state index in [1.807, 2.05) is 11.4 Å². The second-order valence-corrected chi connectivity index (χ2v) is 6.68. The van der Waals surface area contributed by atoms with E-state index in [9.17, 15) is 18.8 Å². The second-order valence-electron chi connectivity index (χ2n) is 5.73. The molecule has 26 heavy (non-hydrogen) atoms. The molecule has 3 rings (SSSR count). The highest BCUT2D eigenvalue weighted by Gasteiger charge is 2.25. The third-order valence-corrected chi connectivity index (χ3v) is 4.92. The minimum absolute atomic E-state index is 0.0326. The first-order valence-corrected chi connectivity index (χ1v) is 8.96. The van der Waals surface area contributed by atoms with Gasteiger partial charge in [-0.2, -0.15) is 0 Å². The highest BCUT2D eigenvalue weighted by atomic mass is 32.1. The average molecular weight is 376 g/mol. The van der Waals surface area contributed by atoms with Gasteiger partial charge in [0.25, 0.3) is 11.8 Å². The number of ether oxygens (including phenoxy) is 1. The van der Waals surface area contributed by atoms with Crippen molar-refractivity contribution in [2.24, 2.45) is 0 Å². The van der Waals surface area contributed by atoms with Crippen molar-refractivity contribution in [3.63, 3.8) is 0 Å². The number of amides is 2. The van der Waals surface area contributed by atoms with Crippen molar-refractivity contribution in [1.29, 1.82) is 0 Å². The summed E-state index contributed by atoms with van der Waals surface area (Å²) in [5, 5.41) is 1.85. The van der Waals surface area contributed by atoms with Crippen LogP contribution in [-0.4, -0.2) is 60.4 Å². The molecule has 0 spiro atoms. The largest absolute Gasteiger partial charge is 0.452 e. The number of esters is 1. The Morgan fingerprint density at radius 2 is 1.65 bits per heavy atom. The summed E-state index contributed by atoms with van der Waals surface area (Å²) in [6.07, 6.45) is 0. The van der Waals surface area contributed by atoms with E-state index >= 15 is 0 Å². The van der Waals surface area contributed by atoms with Crippen LogP contribution in [0.5, 0.6) is 0 Å². The highest BCUT2D eigenvalue weighted by molar-refractivity contribution is 7.12. The van der Waals surface area contributed by atoms with Gasteiger partial charge in [0, 0.05) is 26.2 Å². The van der Waals surface area contributed by atoms with Crippen LogP contribution in [-0.2, 0) is 9.53 Å². The Bertz CT molecular complexity index is 784. The van der Waals surface area contributed by atoms with Crippen molar-refractivity contribution in [2.45, 2.75) is 0 Å². The van der Waals surface area contributed by atoms with E-state index in [2.05, 4.69) is 0 Å². The van der Waals surface area contributed by atoms with Crippen LogP contribution in [0.25, 0.3) is 0 Å². The average Bonchev–Trinajstić information content (AvgIpc) is 3.20. The Balaban J connectivity index is 1.45. The molecular weight excluding hydrogens is 359 g/mol. The van der Waals surface area contributed by atoms with Gasteiger partial charge in [0.15, 0.2) is 6.61 Å². The quantitative estimate of drug-likeness (QED) is 0.766. The van der Waals surface area contributed by atoms with Gasteiger partial charge in [0.1, 0.15) is 5.82 Å². The Hall–Kier alpha value is -2.74. The van der Waals surface area contributed by atoms with E-state index in [1.165, 1.54) is 23.5 Å². The monoisotopic (exact) mass is 376 g/mol. The summed E-state index contributed by atoms with van der Waals surface area (Å²) in [7, 11) is 0. The number of rotatable bonds is 4. The van der Waals surface area contributed by atoms with Crippen LogP contribution < -0.4 is 0 Å². The van der Waals surface area contributed by atoms with E-state index in [-0.39, 0.29) is 24.0 Å². The summed E-state index contributed by atoms with van der Waals surface area (Å²) in [6, 6.07) is 8.52. The molecule has 0 radical (unpaired) electrons. The molecule has 1 aromatic heterocycles. The molecule has 0 aliphatic carbocycles. The maximum atomic E-state index is 12.8. The minimum Gasteiger partial charge on any atom is -0.452 e. The molecule has 1 aromatic carbocycles. The molecule has 2 heterocycles. The van der Waals surface area contributed by atoms with E-state index in [1.54, 1.807) is 15.9 Å². The number of nitrogens with zero attached hydrogens (tertiary/aromatic N) is 2. The molecule has 136 valence electrons. The van der Waals surface area contributed by atoms with Crippen molar-refractivity contribution >= 4 is 29.1 Å². The van der Waals surface area contributed by atoms with Crippen LogP contribution in [0.15, 0.2) is 41.8 Å². The number of carbonyl (C=O) groups is 3. The molecule has 1 fully saturated rings. The minimum atomic E-state index is -0.676. The van der Waals surface area contributed by atoms with Gasteiger partial charge in [0.05, 0.1) is 10.4 Å². The third-order valence-electron chi connectivity index (χ3n) is 4.06. The van der Waals surface area contributed by atoms with E-state index < -0.39 is 11.8 Å². The van der Waals surface area contributed by atoms with Gasteiger partial charge in [0.2, 0.25) is 0 Å². The third kappa shape index (κ3) is 4.26. The first kappa shape index (κ1) is 18.1. The van der Waals surface area contributed by atoms with Crippen LogP contribution in [0.2, 0.25) is 0 Å². The van der Waals surface area contributed by atoms with Crippen LogP contribution in [0, 0.1) is 5.82 Å². The summed E-state index contributed by atoms with van der Waals surface area (Å²) >= 11 is 1.39. The fourth-order valence-electron chi connectivity index (χ4n) is 2.60. The molecule has 1 aliphatic rings. The highest BCUT2D eigenvalue weighted by Crippen LogP contribution is 2.14. The van der Waals surface area contributed by atoms with Gasteiger partial charge in [-0.15, -0.1) is 11.3 Å². The first-order chi connectivity index (χ1) is 12.5. The van der Waals surface area contributed by atoms with Crippen LogP contribution in [0.3, 0.4) is 0 Å². The number of halogens is 1. The van der Waals surface area contributed by atoms with Crippen molar-refractivity contribution < 1.29 is 23.5 Å². The maximum absolute atomic E-state index is 12.8. The van der Waals surface area contributed by atoms with Gasteiger partial charge in [-0.25, -0.2) is 9.18 Å². The number of hydrogen-bond acceptors (Lipinski definition) is 5. The predicted molar refractivity (Wildman–Crippen MR) is 93.5 cm³/mol. The Kier molecular flexibility index (Phi) is 5.62. The molecule has 1 saturated heterocycles. The normalized spacial score (nSPS) is 14.2. The van der Waals surface area contributed by atoms with Crippen LogP contribution in [0.4, 0.5) is 4.39 Å². The van der Waals surface area contributed by atoms with E-state index in [0.717, 1.165) is 12.1 Å². The van der Waals surface area contributed by atoms with E-state index in [4.69, 9.17) is 4.74 Å². The smallest absolute Gasteiger partial charge is 0.338 e. The van der Waals surface area contributed by atoms with E-state index in [0.29, 0.717) is 31.1 Å². The standard InChI is InChI=1S/C18H17FN2O4S/c19-14-5-3-13(4-6-14)18(24)25-12-16(22)20-7-9-21(10-8-20)17(23)15-2-1-11-26-15/h1-6,11H,7-10,12H2. The molecule has 0 atom stereocenters. The molecule has 0 N–H and O–H groups in total. The van der Waals surface area contributed by atoms with Crippen molar-refractivity contribution in [3.8, 4) is 0 Å². The lowest BCUT2D eigenvalue weighted by atomic mass is 10.2. The summed E-state index contributed by atoms with van der Waals surface area (Å²) in [4.78, 5) is 40.3. The molecule has 0 unspecified atom stereocenters. The topological polar surface area (TPSA) is 66.9 Å². The SMILES string of the molecule is O=C(OCC(=O)N1CCN(C(=O)c2cccs2)CC1)c1ccc(F)cc1. The molecule has 8 heteroatoms. The molecular formula is C18H17FN2O4S. The molecule has 1 aliphatic heterocycles. The fourth-order valence-corrected chi connectivity index (χ4v) is 3.29. The zero-order valence-corrected chi connectivity index (χ0v) is 14.7. The number of hydrogen-bond donors (Lipinski definition) is 0. The van der Waals surface area contributed by atoms with Crippen molar-refractivity contribution in [3.05, 3.63) is 58.0 Å². The van der Waals surface area contributed by atoms with Gasteiger partial charge >= 0.3 is 5.97 Å². The zero-order valence-electron chi connectivity index (χ0n) is 13.9. The maximum Gasteiger partial charge on any atom is 0.338 e. The number of thiophene rings is 1.